The van der Waals surface area contributed by atoms with Crippen molar-refractivity contribution in [1.29, 1.82) is 0 Å². The van der Waals surface area contributed by atoms with Gasteiger partial charge >= 0.3 is 19.8 Å². The molecule has 53 heavy (non-hydrogen) atoms. The highest BCUT2D eigenvalue weighted by molar-refractivity contribution is 7.47. The van der Waals surface area contributed by atoms with Crippen molar-refractivity contribution in [2.24, 2.45) is 0 Å². The number of aliphatic hydroxyl groups excluding tert-OH is 2. The Morgan fingerprint density at radius 1 is 0.491 bits per heavy atom. The van der Waals surface area contributed by atoms with Crippen LogP contribution in [0, 0.1) is 0 Å². The van der Waals surface area contributed by atoms with E-state index in [0.717, 1.165) is 32.1 Å². The minimum Gasteiger partial charge on any atom is -0.462 e. The summed E-state index contributed by atoms with van der Waals surface area (Å²) >= 11 is 0. The number of aliphatic hydroxyl groups is 2. The number of carbonyl (C=O) groups excluding carboxylic acids is 2. The highest BCUT2D eigenvalue weighted by Crippen LogP contribution is 2.43. The average molecular weight is 779 g/mol. The molecular formula is C42H83O10P. The van der Waals surface area contributed by atoms with Crippen LogP contribution in [0.3, 0.4) is 0 Å². The van der Waals surface area contributed by atoms with Gasteiger partial charge in [0.05, 0.1) is 19.8 Å². The average Bonchev–Trinajstić information content (AvgIpc) is 3.14. The molecule has 0 rings (SSSR count). The zero-order valence-electron chi connectivity index (χ0n) is 34.3. The molecule has 0 aromatic carbocycles. The number of rotatable bonds is 42. The van der Waals surface area contributed by atoms with Crippen molar-refractivity contribution in [3.05, 3.63) is 0 Å². The zero-order chi connectivity index (χ0) is 39.1. The van der Waals surface area contributed by atoms with E-state index in [1.54, 1.807) is 0 Å². The van der Waals surface area contributed by atoms with Gasteiger partial charge in [-0.15, -0.1) is 0 Å². The van der Waals surface area contributed by atoms with Crippen LogP contribution in [-0.4, -0.2) is 65.7 Å². The molecule has 11 heteroatoms. The highest BCUT2D eigenvalue weighted by atomic mass is 31.2. The number of unbranched alkanes of at least 4 members (excludes halogenated alkanes) is 28. The van der Waals surface area contributed by atoms with E-state index in [-0.39, 0.29) is 19.4 Å². The number of phosphoric acid groups is 1. The first kappa shape index (κ1) is 52.0. The Bertz CT molecular complexity index is 858. The predicted octanol–water partition coefficient (Wildman–Crippen LogP) is 11.5. The first-order chi connectivity index (χ1) is 25.7. The number of hydrogen-bond acceptors (Lipinski definition) is 9. The molecule has 10 nitrogen and oxygen atoms in total. The normalized spacial score (nSPS) is 13.8. The maximum Gasteiger partial charge on any atom is 0.472 e. The van der Waals surface area contributed by atoms with Gasteiger partial charge in [-0.3, -0.25) is 18.6 Å². The molecule has 0 radical (unpaired) electrons. The smallest absolute Gasteiger partial charge is 0.462 e. The van der Waals surface area contributed by atoms with Crippen LogP contribution in [0.2, 0.25) is 0 Å². The molecule has 3 N–H and O–H groups in total. The fraction of sp³-hybridized carbons (Fsp3) is 0.952. The van der Waals surface area contributed by atoms with Gasteiger partial charge in [0.15, 0.2) is 6.10 Å². The number of esters is 2. The van der Waals surface area contributed by atoms with Crippen molar-refractivity contribution in [2.75, 3.05) is 26.4 Å². The maximum atomic E-state index is 12.5. The van der Waals surface area contributed by atoms with Crippen molar-refractivity contribution in [2.45, 2.75) is 232 Å². The van der Waals surface area contributed by atoms with Gasteiger partial charge in [0.1, 0.15) is 12.7 Å². The molecule has 0 aliphatic heterocycles. The van der Waals surface area contributed by atoms with E-state index in [4.69, 9.17) is 19.1 Å². The maximum absolute atomic E-state index is 12.5. The minimum absolute atomic E-state index is 0.191. The Balaban J connectivity index is 4.13. The van der Waals surface area contributed by atoms with Crippen LogP contribution < -0.4 is 0 Å². The summed E-state index contributed by atoms with van der Waals surface area (Å²) in [6.45, 7) is 2.40. The van der Waals surface area contributed by atoms with Crippen LogP contribution in [0.5, 0.6) is 0 Å². The summed E-state index contributed by atoms with van der Waals surface area (Å²) in [5, 5.41) is 18.3. The van der Waals surface area contributed by atoms with E-state index in [2.05, 4.69) is 18.4 Å². The highest BCUT2D eigenvalue weighted by Gasteiger charge is 2.27. The topological polar surface area (TPSA) is 149 Å². The molecule has 0 spiro atoms. The van der Waals surface area contributed by atoms with E-state index < -0.39 is 51.8 Å². The van der Waals surface area contributed by atoms with Crippen molar-refractivity contribution in [3.63, 3.8) is 0 Å². The molecule has 0 bridgehead atoms. The van der Waals surface area contributed by atoms with Crippen LogP contribution in [0.1, 0.15) is 219 Å². The van der Waals surface area contributed by atoms with Gasteiger partial charge in [-0.2, -0.15) is 0 Å². The third-order valence-corrected chi connectivity index (χ3v) is 10.7. The standard InChI is InChI=1S/C42H83O10P/c1-3-5-7-9-11-13-15-16-17-18-19-20-21-22-23-24-26-27-29-31-33-41(45)49-37-40(38-51-53(47,48)50-36-39(44)35-43)52-42(46)34-32-30-28-25-14-12-10-8-6-4-2/h39-40,43-44H,3-38H2,1-2H3,(H,47,48)/t39-,40-/m1/s1. The van der Waals surface area contributed by atoms with Crippen LogP contribution in [-0.2, 0) is 32.7 Å². The van der Waals surface area contributed by atoms with Gasteiger partial charge in [0.2, 0.25) is 0 Å². The summed E-state index contributed by atoms with van der Waals surface area (Å²) in [4.78, 5) is 34.9. The third-order valence-electron chi connectivity index (χ3n) is 9.76. The number of carbonyl (C=O) groups is 2. The molecule has 0 aromatic heterocycles. The molecule has 3 atom stereocenters. The molecule has 0 saturated heterocycles. The SMILES string of the molecule is CCCCCCCCCCCCCCCCCCCCCCC(=O)OC[C@H](COP(=O)(O)OC[C@H](O)CO)OC(=O)CCCCCCCCCCCC. The molecule has 0 aliphatic rings. The summed E-state index contributed by atoms with van der Waals surface area (Å²) in [5.41, 5.74) is 0. The van der Waals surface area contributed by atoms with Crippen LogP contribution in [0.15, 0.2) is 0 Å². The molecule has 0 aliphatic carbocycles. The summed E-state index contributed by atoms with van der Waals surface area (Å²) in [7, 11) is -4.60. The Morgan fingerprint density at radius 3 is 1.17 bits per heavy atom. The van der Waals surface area contributed by atoms with Crippen LogP contribution in [0.25, 0.3) is 0 Å². The quantitative estimate of drug-likeness (QED) is 0.0310. The zero-order valence-corrected chi connectivity index (χ0v) is 35.2. The Hall–Kier alpha value is -1.03. The van der Waals surface area contributed by atoms with Crippen LogP contribution >= 0.6 is 7.82 Å². The van der Waals surface area contributed by atoms with E-state index in [0.29, 0.717) is 12.8 Å². The molecule has 0 fully saturated rings. The Labute approximate surface area is 324 Å². The summed E-state index contributed by atoms with van der Waals surface area (Å²) in [5.74, 6) is -0.912. The molecule has 0 heterocycles. The van der Waals surface area contributed by atoms with Gasteiger partial charge < -0.3 is 24.6 Å². The van der Waals surface area contributed by atoms with Gasteiger partial charge in [-0.1, -0.05) is 194 Å². The summed E-state index contributed by atoms with van der Waals surface area (Å²) < 4.78 is 32.7. The van der Waals surface area contributed by atoms with Gasteiger partial charge in [-0.25, -0.2) is 4.57 Å². The summed E-state index contributed by atoms with van der Waals surface area (Å²) in [6.07, 6.45) is 35.1. The Morgan fingerprint density at radius 2 is 0.811 bits per heavy atom. The van der Waals surface area contributed by atoms with Crippen molar-refractivity contribution in [3.8, 4) is 0 Å². The van der Waals surface area contributed by atoms with Crippen molar-refractivity contribution in [1.82, 2.24) is 0 Å². The number of ether oxygens (including phenoxy) is 2. The van der Waals surface area contributed by atoms with Crippen molar-refractivity contribution >= 4 is 19.8 Å². The summed E-state index contributed by atoms with van der Waals surface area (Å²) in [6, 6.07) is 0. The van der Waals surface area contributed by atoms with Crippen LogP contribution in [0.4, 0.5) is 0 Å². The Kier molecular flexibility index (Phi) is 38.5. The van der Waals surface area contributed by atoms with E-state index in [9.17, 15) is 24.2 Å². The molecule has 1 unspecified atom stereocenters. The lowest BCUT2D eigenvalue weighted by atomic mass is 10.0. The monoisotopic (exact) mass is 779 g/mol. The number of hydrogen-bond donors (Lipinski definition) is 3. The van der Waals surface area contributed by atoms with E-state index >= 15 is 0 Å². The van der Waals surface area contributed by atoms with Gasteiger partial charge in [0.25, 0.3) is 0 Å². The third kappa shape index (κ3) is 39.0. The molecule has 0 aromatic rings. The molecule has 0 saturated carbocycles. The fourth-order valence-electron chi connectivity index (χ4n) is 6.35. The minimum atomic E-state index is -4.60. The molecular weight excluding hydrogens is 695 g/mol. The molecule has 0 amide bonds. The van der Waals surface area contributed by atoms with E-state index in [1.807, 2.05) is 0 Å². The number of phosphoric ester groups is 1. The van der Waals surface area contributed by atoms with E-state index in [1.165, 1.54) is 148 Å². The lowest BCUT2D eigenvalue weighted by Crippen LogP contribution is -2.29. The lowest BCUT2D eigenvalue weighted by molar-refractivity contribution is -0.161. The molecule has 316 valence electrons. The lowest BCUT2D eigenvalue weighted by Gasteiger charge is -2.20. The fourth-order valence-corrected chi connectivity index (χ4v) is 7.14. The largest absolute Gasteiger partial charge is 0.472 e. The second kappa shape index (κ2) is 39.2. The first-order valence-corrected chi connectivity index (χ1v) is 23.5. The second-order valence-electron chi connectivity index (χ2n) is 15.1. The van der Waals surface area contributed by atoms with Gasteiger partial charge in [0, 0.05) is 12.8 Å². The second-order valence-corrected chi connectivity index (χ2v) is 16.5. The first-order valence-electron chi connectivity index (χ1n) is 22.0. The van der Waals surface area contributed by atoms with Crippen molar-refractivity contribution < 1.29 is 47.8 Å². The van der Waals surface area contributed by atoms with Gasteiger partial charge in [-0.05, 0) is 12.8 Å². The predicted molar refractivity (Wildman–Crippen MR) is 215 cm³/mol.